The minimum Gasteiger partial charge on any atom is -0.468 e. The van der Waals surface area contributed by atoms with Crippen molar-refractivity contribution in [3.05, 3.63) is 58.5 Å². The van der Waals surface area contributed by atoms with Crippen LogP contribution >= 0.6 is 11.6 Å². The monoisotopic (exact) mass is 264 g/mol. The largest absolute Gasteiger partial charge is 0.468 e. The molecule has 0 unspecified atom stereocenters. The summed E-state index contributed by atoms with van der Waals surface area (Å²) in [5.41, 5.74) is 7.77. The maximum Gasteiger partial charge on any atom is 0.118 e. The normalized spacial score (nSPS) is 11.1. The number of hydrogen-bond acceptors (Lipinski definition) is 3. The number of hydrogen-bond donors (Lipinski definition) is 1. The zero-order chi connectivity index (χ0) is 13.0. The highest BCUT2D eigenvalue weighted by atomic mass is 35.5. The van der Waals surface area contributed by atoms with E-state index in [4.69, 9.17) is 21.8 Å². The lowest BCUT2D eigenvalue weighted by Gasteiger charge is -2.15. The summed E-state index contributed by atoms with van der Waals surface area (Å²) in [7, 11) is 2.05. The lowest BCUT2D eigenvalue weighted by molar-refractivity contribution is 0.288. The van der Waals surface area contributed by atoms with Gasteiger partial charge in [-0.3, -0.25) is 4.90 Å². The molecule has 0 amide bonds. The lowest BCUT2D eigenvalue weighted by atomic mass is 10.2. The number of nitrogens with two attached hydrogens (primary N) is 1. The first-order valence-corrected chi connectivity index (χ1v) is 6.24. The van der Waals surface area contributed by atoms with Crippen LogP contribution in [0.15, 0.2) is 41.0 Å². The van der Waals surface area contributed by atoms with Crippen LogP contribution in [0.5, 0.6) is 0 Å². The van der Waals surface area contributed by atoms with Gasteiger partial charge >= 0.3 is 0 Å². The van der Waals surface area contributed by atoms with Crippen molar-refractivity contribution in [3.8, 4) is 0 Å². The van der Waals surface area contributed by atoms with E-state index in [9.17, 15) is 0 Å². The Morgan fingerprint density at radius 2 is 2.06 bits per heavy atom. The quantitative estimate of drug-likeness (QED) is 0.903. The minimum atomic E-state index is 0.515. The van der Waals surface area contributed by atoms with Crippen LogP contribution in [-0.2, 0) is 19.6 Å². The third kappa shape index (κ3) is 3.60. The van der Waals surface area contributed by atoms with Gasteiger partial charge in [0.05, 0.1) is 12.8 Å². The molecule has 0 saturated heterocycles. The molecule has 1 aromatic heterocycles. The second-order valence-electron chi connectivity index (χ2n) is 4.43. The van der Waals surface area contributed by atoms with Crippen LogP contribution < -0.4 is 5.73 Å². The van der Waals surface area contributed by atoms with Crippen molar-refractivity contribution in [1.82, 2.24) is 4.90 Å². The number of rotatable bonds is 5. The second kappa shape index (κ2) is 6.05. The maximum absolute atomic E-state index is 5.96. The van der Waals surface area contributed by atoms with Gasteiger partial charge in [0.2, 0.25) is 0 Å². The second-order valence-corrected chi connectivity index (χ2v) is 4.86. The molecule has 0 aliphatic rings. The maximum atomic E-state index is 5.96. The summed E-state index contributed by atoms with van der Waals surface area (Å²) >= 11 is 5.96. The smallest absolute Gasteiger partial charge is 0.118 e. The first-order valence-electron chi connectivity index (χ1n) is 5.86. The van der Waals surface area contributed by atoms with Gasteiger partial charge in [0, 0.05) is 23.7 Å². The van der Waals surface area contributed by atoms with E-state index in [-0.39, 0.29) is 0 Å². The Morgan fingerprint density at radius 1 is 1.22 bits per heavy atom. The van der Waals surface area contributed by atoms with E-state index < -0.39 is 0 Å². The first kappa shape index (κ1) is 13.1. The predicted octanol–water partition coefficient (Wildman–Crippen LogP) is 3.02. The van der Waals surface area contributed by atoms with Gasteiger partial charge < -0.3 is 10.2 Å². The van der Waals surface area contributed by atoms with Gasteiger partial charge in [-0.05, 0) is 30.8 Å². The molecule has 0 radical (unpaired) electrons. The molecule has 1 heterocycles. The summed E-state index contributed by atoms with van der Waals surface area (Å²) in [4.78, 5) is 2.17. The van der Waals surface area contributed by atoms with Gasteiger partial charge in [-0.15, -0.1) is 0 Å². The predicted molar refractivity (Wildman–Crippen MR) is 73.2 cm³/mol. The Bertz CT molecular complexity index is 510. The molecule has 1 aromatic carbocycles. The first-order chi connectivity index (χ1) is 8.67. The van der Waals surface area contributed by atoms with Crippen LogP contribution in [0.1, 0.15) is 16.9 Å². The number of benzene rings is 1. The molecule has 0 fully saturated rings. The molecule has 0 aliphatic heterocycles. The zero-order valence-electron chi connectivity index (χ0n) is 10.4. The SMILES string of the molecule is CN(Cc1cccc(Cl)c1)Cc1cc(CN)co1. The molecule has 0 atom stereocenters. The van der Waals surface area contributed by atoms with E-state index in [2.05, 4.69) is 11.0 Å². The standard InChI is InChI=1S/C14H17ClN2O/c1-17(8-11-3-2-4-13(15)5-11)9-14-6-12(7-16)10-18-14/h2-6,10H,7-9,16H2,1H3. The molecular weight excluding hydrogens is 248 g/mol. The van der Waals surface area contributed by atoms with Gasteiger partial charge in [0.1, 0.15) is 5.76 Å². The summed E-state index contributed by atoms with van der Waals surface area (Å²) in [5, 5.41) is 0.768. The highest BCUT2D eigenvalue weighted by Crippen LogP contribution is 2.14. The molecule has 0 aliphatic carbocycles. The fraction of sp³-hybridized carbons (Fsp3) is 0.286. The fourth-order valence-corrected chi connectivity index (χ4v) is 2.10. The number of furan rings is 1. The Balaban J connectivity index is 1.94. The average molecular weight is 265 g/mol. The third-order valence-electron chi connectivity index (χ3n) is 2.71. The van der Waals surface area contributed by atoms with E-state index >= 15 is 0 Å². The molecule has 18 heavy (non-hydrogen) atoms. The van der Waals surface area contributed by atoms with Crippen LogP contribution in [0.3, 0.4) is 0 Å². The van der Waals surface area contributed by atoms with Crippen molar-refractivity contribution < 1.29 is 4.42 Å². The molecule has 0 bridgehead atoms. The van der Waals surface area contributed by atoms with Crippen LogP contribution in [0.4, 0.5) is 0 Å². The number of nitrogens with zero attached hydrogens (tertiary/aromatic N) is 1. The Hall–Kier alpha value is -1.29. The lowest BCUT2D eigenvalue weighted by Crippen LogP contribution is -2.16. The Morgan fingerprint density at radius 3 is 2.72 bits per heavy atom. The van der Waals surface area contributed by atoms with Crippen molar-refractivity contribution in [3.63, 3.8) is 0 Å². The molecule has 96 valence electrons. The van der Waals surface area contributed by atoms with Gasteiger partial charge in [0.15, 0.2) is 0 Å². The van der Waals surface area contributed by atoms with Gasteiger partial charge in [-0.2, -0.15) is 0 Å². The van der Waals surface area contributed by atoms with Gasteiger partial charge in [-0.1, -0.05) is 23.7 Å². The van der Waals surface area contributed by atoms with Crippen molar-refractivity contribution in [1.29, 1.82) is 0 Å². The molecule has 0 saturated carbocycles. The molecule has 4 heteroatoms. The van der Waals surface area contributed by atoms with E-state index in [1.54, 1.807) is 6.26 Å². The fourth-order valence-electron chi connectivity index (χ4n) is 1.89. The zero-order valence-corrected chi connectivity index (χ0v) is 11.2. The molecule has 2 N–H and O–H groups in total. The van der Waals surface area contributed by atoms with Crippen LogP contribution in [0.2, 0.25) is 5.02 Å². The van der Waals surface area contributed by atoms with Crippen molar-refractivity contribution >= 4 is 11.6 Å². The number of halogens is 1. The van der Waals surface area contributed by atoms with Crippen LogP contribution in [0.25, 0.3) is 0 Å². The van der Waals surface area contributed by atoms with E-state index in [1.165, 1.54) is 5.56 Å². The highest BCUT2D eigenvalue weighted by Gasteiger charge is 2.06. The summed E-state index contributed by atoms with van der Waals surface area (Å²) in [5.74, 6) is 0.931. The van der Waals surface area contributed by atoms with Crippen molar-refractivity contribution in [2.45, 2.75) is 19.6 Å². The molecule has 2 rings (SSSR count). The summed E-state index contributed by atoms with van der Waals surface area (Å²) in [6.45, 7) is 2.10. The topological polar surface area (TPSA) is 42.4 Å². The van der Waals surface area contributed by atoms with E-state index in [0.717, 1.165) is 29.4 Å². The van der Waals surface area contributed by atoms with Crippen molar-refractivity contribution in [2.75, 3.05) is 7.05 Å². The average Bonchev–Trinajstić information content (AvgIpc) is 2.76. The van der Waals surface area contributed by atoms with Gasteiger partial charge in [-0.25, -0.2) is 0 Å². The molecule has 3 nitrogen and oxygen atoms in total. The summed E-state index contributed by atoms with van der Waals surface area (Å²) in [6.07, 6.45) is 1.71. The summed E-state index contributed by atoms with van der Waals surface area (Å²) in [6, 6.07) is 9.88. The molecule has 0 spiro atoms. The molecule has 2 aromatic rings. The Labute approximate surface area is 112 Å². The van der Waals surface area contributed by atoms with Crippen LogP contribution in [0, 0.1) is 0 Å². The van der Waals surface area contributed by atoms with E-state index in [0.29, 0.717) is 6.54 Å². The third-order valence-corrected chi connectivity index (χ3v) is 2.95. The summed E-state index contributed by atoms with van der Waals surface area (Å²) < 4.78 is 5.44. The minimum absolute atomic E-state index is 0.515. The highest BCUT2D eigenvalue weighted by molar-refractivity contribution is 6.30. The molecular formula is C14H17ClN2O. The van der Waals surface area contributed by atoms with Crippen LogP contribution in [-0.4, -0.2) is 11.9 Å². The van der Waals surface area contributed by atoms with E-state index in [1.807, 2.05) is 31.3 Å². The van der Waals surface area contributed by atoms with Gasteiger partial charge in [0.25, 0.3) is 0 Å². The van der Waals surface area contributed by atoms with Crippen molar-refractivity contribution in [2.24, 2.45) is 5.73 Å². The Kier molecular flexibility index (Phi) is 4.42.